The zero-order valence-electron chi connectivity index (χ0n) is 12.5. The van der Waals surface area contributed by atoms with Gasteiger partial charge in [0, 0.05) is 5.56 Å². The van der Waals surface area contributed by atoms with Gasteiger partial charge in [-0.2, -0.15) is 0 Å². The highest BCUT2D eigenvalue weighted by atomic mass is 35.5. The van der Waals surface area contributed by atoms with Gasteiger partial charge >= 0.3 is 0 Å². The van der Waals surface area contributed by atoms with Gasteiger partial charge in [0.25, 0.3) is 0 Å². The quantitative estimate of drug-likeness (QED) is 0.495. The van der Waals surface area contributed by atoms with Crippen LogP contribution in [0.4, 0.5) is 0 Å². The number of rotatable bonds is 1. The molecule has 0 aliphatic heterocycles. The first-order valence-electron chi connectivity index (χ1n) is 7.13. The van der Waals surface area contributed by atoms with Gasteiger partial charge in [0.1, 0.15) is 0 Å². The minimum Gasteiger partial charge on any atom is -0.272 e. The normalized spacial score (nSPS) is 11.5. The fourth-order valence-electron chi connectivity index (χ4n) is 2.74. The molecule has 4 nitrogen and oxygen atoms in total. The maximum absolute atomic E-state index is 6.38. The Labute approximate surface area is 142 Å². The summed E-state index contributed by atoms with van der Waals surface area (Å²) >= 11 is 12.5. The molecule has 0 N–H and O–H groups in total. The van der Waals surface area contributed by atoms with E-state index < -0.39 is 0 Å². The van der Waals surface area contributed by atoms with Gasteiger partial charge in [-0.15, -0.1) is 10.2 Å². The lowest BCUT2D eigenvalue weighted by Gasteiger charge is -2.09. The molecule has 0 fully saturated rings. The molecule has 0 amide bonds. The van der Waals surface area contributed by atoms with Crippen molar-refractivity contribution in [2.75, 3.05) is 0 Å². The maximum Gasteiger partial charge on any atom is 0.183 e. The summed E-state index contributed by atoms with van der Waals surface area (Å²) < 4.78 is 1.99. The summed E-state index contributed by atoms with van der Waals surface area (Å²) in [4.78, 5) is 4.61. The summed E-state index contributed by atoms with van der Waals surface area (Å²) in [5.41, 5.74) is 5.26. The number of nitrogens with zero attached hydrogens (tertiary/aromatic N) is 4. The van der Waals surface area contributed by atoms with Crippen molar-refractivity contribution in [1.29, 1.82) is 0 Å². The molecule has 2 aromatic carbocycles. The number of aromatic nitrogens is 4. The zero-order valence-corrected chi connectivity index (χ0v) is 14.0. The van der Waals surface area contributed by atoms with Crippen LogP contribution in [0.5, 0.6) is 0 Å². The molecule has 0 aliphatic carbocycles. The van der Waals surface area contributed by atoms with Gasteiger partial charge in [0.15, 0.2) is 11.5 Å². The van der Waals surface area contributed by atoms with E-state index in [1.807, 2.05) is 42.5 Å². The monoisotopic (exact) mass is 342 g/mol. The number of hydrogen-bond acceptors (Lipinski definition) is 3. The van der Waals surface area contributed by atoms with Crippen molar-refractivity contribution < 1.29 is 0 Å². The molecule has 0 atom stereocenters. The Morgan fingerprint density at radius 2 is 1.83 bits per heavy atom. The third-order valence-corrected chi connectivity index (χ3v) is 4.66. The predicted molar refractivity (Wildman–Crippen MR) is 93.2 cm³/mol. The van der Waals surface area contributed by atoms with Crippen molar-refractivity contribution in [2.45, 2.75) is 13.8 Å². The van der Waals surface area contributed by atoms with Crippen molar-refractivity contribution in [3.8, 4) is 11.4 Å². The van der Waals surface area contributed by atoms with E-state index in [0.29, 0.717) is 21.5 Å². The third-order valence-electron chi connectivity index (χ3n) is 3.84. The third kappa shape index (κ3) is 2.18. The van der Waals surface area contributed by atoms with E-state index in [9.17, 15) is 0 Å². The van der Waals surface area contributed by atoms with E-state index >= 15 is 0 Å². The molecule has 6 heteroatoms. The van der Waals surface area contributed by atoms with Crippen LogP contribution in [0.25, 0.3) is 28.1 Å². The SMILES string of the molecule is Cc1ccc2nc(C)c3nnc(-c4cccc(Cl)c4Cl)n3c2c1. The van der Waals surface area contributed by atoms with Crippen LogP contribution in [0, 0.1) is 13.8 Å². The molecule has 23 heavy (non-hydrogen) atoms. The molecule has 2 aromatic heterocycles. The largest absolute Gasteiger partial charge is 0.272 e. The summed E-state index contributed by atoms with van der Waals surface area (Å²) in [6, 6.07) is 11.6. The van der Waals surface area contributed by atoms with Gasteiger partial charge in [-0.3, -0.25) is 4.40 Å². The standard InChI is InChI=1S/C17H12Cl2N4/c1-9-6-7-13-14(8-9)23-16(10(2)20-13)21-22-17(23)11-4-3-5-12(18)15(11)19/h3-8H,1-2H3. The lowest BCUT2D eigenvalue weighted by molar-refractivity contribution is 1.11. The highest BCUT2D eigenvalue weighted by molar-refractivity contribution is 6.43. The van der Waals surface area contributed by atoms with Crippen LogP contribution in [0.1, 0.15) is 11.3 Å². The second-order valence-corrected chi connectivity index (χ2v) is 6.26. The van der Waals surface area contributed by atoms with E-state index in [2.05, 4.69) is 21.2 Å². The number of benzene rings is 2. The van der Waals surface area contributed by atoms with Crippen molar-refractivity contribution >= 4 is 39.9 Å². The van der Waals surface area contributed by atoms with Crippen LogP contribution >= 0.6 is 23.2 Å². The Hall–Kier alpha value is -2.17. The molecule has 114 valence electrons. The van der Waals surface area contributed by atoms with E-state index in [1.54, 1.807) is 6.07 Å². The van der Waals surface area contributed by atoms with E-state index in [4.69, 9.17) is 23.2 Å². The van der Waals surface area contributed by atoms with Crippen LogP contribution in [-0.2, 0) is 0 Å². The predicted octanol–water partition coefficient (Wildman–Crippen LogP) is 4.87. The molecular formula is C17H12Cl2N4. The van der Waals surface area contributed by atoms with E-state index in [-0.39, 0.29) is 0 Å². The first-order chi connectivity index (χ1) is 11.1. The minimum atomic E-state index is 0.471. The van der Waals surface area contributed by atoms with Gasteiger partial charge in [0.2, 0.25) is 0 Å². The molecule has 0 bridgehead atoms. The van der Waals surface area contributed by atoms with Crippen molar-refractivity contribution in [2.24, 2.45) is 0 Å². The molecule has 0 unspecified atom stereocenters. The van der Waals surface area contributed by atoms with Crippen molar-refractivity contribution in [3.05, 3.63) is 57.7 Å². The molecular weight excluding hydrogens is 331 g/mol. The Balaban J connectivity index is 2.18. The Morgan fingerprint density at radius 1 is 1.00 bits per heavy atom. The van der Waals surface area contributed by atoms with Crippen molar-refractivity contribution in [1.82, 2.24) is 19.6 Å². The van der Waals surface area contributed by atoms with E-state index in [0.717, 1.165) is 27.9 Å². The summed E-state index contributed by atoms with van der Waals surface area (Å²) in [5, 5.41) is 9.60. The van der Waals surface area contributed by atoms with Gasteiger partial charge in [0.05, 0.1) is 26.8 Å². The molecule has 4 rings (SSSR count). The minimum absolute atomic E-state index is 0.471. The molecule has 0 saturated heterocycles. The van der Waals surface area contributed by atoms with Crippen LogP contribution in [0.2, 0.25) is 10.0 Å². The first kappa shape index (κ1) is 14.4. The van der Waals surface area contributed by atoms with E-state index in [1.165, 1.54) is 0 Å². The fraction of sp³-hybridized carbons (Fsp3) is 0.118. The molecule has 2 heterocycles. The van der Waals surface area contributed by atoms with Gasteiger partial charge in [-0.25, -0.2) is 4.98 Å². The summed E-state index contributed by atoms with van der Waals surface area (Å²) in [6.45, 7) is 3.97. The Bertz CT molecular complexity index is 1070. The van der Waals surface area contributed by atoms with Crippen LogP contribution < -0.4 is 0 Å². The van der Waals surface area contributed by atoms with Crippen LogP contribution in [0.3, 0.4) is 0 Å². The second kappa shape index (κ2) is 5.18. The van der Waals surface area contributed by atoms with Gasteiger partial charge in [-0.05, 0) is 43.7 Å². The first-order valence-corrected chi connectivity index (χ1v) is 7.88. The molecule has 0 saturated carbocycles. The smallest absolute Gasteiger partial charge is 0.183 e. The molecule has 0 radical (unpaired) electrons. The average molecular weight is 343 g/mol. The zero-order chi connectivity index (χ0) is 16.1. The lowest BCUT2D eigenvalue weighted by atomic mass is 10.2. The highest BCUT2D eigenvalue weighted by Gasteiger charge is 2.17. The Kier molecular flexibility index (Phi) is 3.25. The van der Waals surface area contributed by atoms with Crippen LogP contribution in [0.15, 0.2) is 36.4 Å². The Morgan fingerprint density at radius 3 is 2.65 bits per heavy atom. The molecule has 0 aliphatic rings. The average Bonchev–Trinajstić information content (AvgIpc) is 2.97. The summed E-state index contributed by atoms with van der Waals surface area (Å²) in [5.74, 6) is 0.661. The topological polar surface area (TPSA) is 43.1 Å². The lowest BCUT2D eigenvalue weighted by Crippen LogP contribution is -1.98. The van der Waals surface area contributed by atoms with Crippen molar-refractivity contribution in [3.63, 3.8) is 0 Å². The maximum atomic E-state index is 6.38. The van der Waals surface area contributed by atoms with Gasteiger partial charge in [-0.1, -0.05) is 35.3 Å². The second-order valence-electron chi connectivity index (χ2n) is 5.47. The molecule has 0 spiro atoms. The molecule has 4 aromatic rings. The number of aryl methyl sites for hydroxylation is 2. The number of hydrogen-bond donors (Lipinski definition) is 0. The number of halogens is 2. The summed E-state index contributed by atoms with van der Waals surface area (Å²) in [7, 11) is 0. The van der Waals surface area contributed by atoms with Gasteiger partial charge < -0.3 is 0 Å². The highest BCUT2D eigenvalue weighted by Crippen LogP contribution is 2.34. The number of fused-ring (bicyclic) bond motifs is 3. The summed E-state index contributed by atoms with van der Waals surface area (Å²) in [6.07, 6.45) is 0. The van der Waals surface area contributed by atoms with Crippen LogP contribution in [-0.4, -0.2) is 19.6 Å². The fourth-order valence-corrected chi connectivity index (χ4v) is 3.12.